The summed E-state index contributed by atoms with van der Waals surface area (Å²) in [7, 11) is 1.71. The molecule has 1 aromatic heterocycles. The molecule has 176 valence electrons. The molecule has 1 aliphatic carbocycles. The fraction of sp³-hybridized carbons (Fsp3) is 0.400. The van der Waals surface area contributed by atoms with E-state index in [4.69, 9.17) is 4.74 Å². The third-order valence-corrected chi connectivity index (χ3v) is 6.58. The minimum Gasteiger partial charge on any atom is -0.484 e. The van der Waals surface area contributed by atoms with Crippen LogP contribution >= 0.6 is 0 Å². The van der Waals surface area contributed by atoms with Crippen LogP contribution in [0.25, 0.3) is 11.4 Å². The molecule has 2 aromatic carbocycles. The zero-order valence-electron chi connectivity index (χ0n) is 19.2. The first-order valence-corrected chi connectivity index (χ1v) is 11.7. The summed E-state index contributed by atoms with van der Waals surface area (Å²) in [5, 5.41) is 15.1. The number of ether oxygens (including phenoxy) is 1. The molecular formula is C25H28N6O3. The molecule has 0 saturated heterocycles. The lowest BCUT2D eigenvalue weighted by molar-refractivity contribution is -0.124. The van der Waals surface area contributed by atoms with Crippen LogP contribution in [0, 0.1) is 5.92 Å². The van der Waals surface area contributed by atoms with Crippen LogP contribution in [0.15, 0.2) is 48.5 Å². The Morgan fingerprint density at radius 3 is 2.56 bits per heavy atom. The zero-order chi connectivity index (χ0) is 23.5. The molecule has 2 amide bonds. The fourth-order valence-electron chi connectivity index (χ4n) is 4.78. The van der Waals surface area contributed by atoms with Gasteiger partial charge in [0.15, 0.2) is 6.61 Å². The van der Waals surface area contributed by atoms with E-state index in [0.29, 0.717) is 24.0 Å². The van der Waals surface area contributed by atoms with Crippen molar-refractivity contribution in [3.63, 3.8) is 0 Å². The number of amides is 2. The zero-order valence-corrected chi connectivity index (χ0v) is 19.2. The number of carbonyl (C=O) groups excluding carboxylic acids is 2. The molecule has 9 nitrogen and oxygen atoms in total. The summed E-state index contributed by atoms with van der Waals surface area (Å²) >= 11 is 0. The molecule has 34 heavy (non-hydrogen) atoms. The molecule has 2 aliphatic rings. The molecule has 0 unspecified atom stereocenters. The fourth-order valence-corrected chi connectivity index (χ4v) is 4.78. The van der Waals surface area contributed by atoms with Gasteiger partial charge < -0.3 is 15.0 Å². The standard InChI is InChI=1S/C25H28N6O3/c1-30-28-24(27-29-30)18-8-12-21(13-9-18)34-16-23(32)26-20-10-6-17(7-11-20)14-31-15-19-4-2-3-5-22(19)25(31)33/h2-5,8-9,12-13,17,20H,6-7,10-11,14-16H2,1H3,(H,26,32). The van der Waals surface area contributed by atoms with Crippen molar-refractivity contribution in [2.75, 3.05) is 13.2 Å². The van der Waals surface area contributed by atoms with Crippen molar-refractivity contribution < 1.29 is 14.3 Å². The number of benzene rings is 2. The predicted molar refractivity (Wildman–Crippen MR) is 125 cm³/mol. The van der Waals surface area contributed by atoms with E-state index in [2.05, 4.69) is 20.7 Å². The van der Waals surface area contributed by atoms with Crippen LogP contribution in [0.5, 0.6) is 5.75 Å². The number of aromatic nitrogens is 4. The molecule has 1 N–H and O–H groups in total. The Morgan fingerprint density at radius 1 is 1.09 bits per heavy atom. The number of nitrogens with zero attached hydrogens (tertiary/aromatic N) is 5. The number of tetrazole rings is 1. The first-order valence-electron chi connectivity index (χ1n) is 11.7. The van der Waals surface area contributed by atoms with Crippen molar-refractivity contribution in [2.45, 2.75) is 38.3 Å². The summed E-state index contributed by atoms with van der Waals surface area (Å²) in [4.78, 5) is 28.4. The van der Waals surface area contributed by atoms with Gasteiger partial charge in [0, 0.05) is 30.3 Å². The quantitative estimate of drug-likeness (QED) is 0.582. The number of hydrogen-bond acceptors (Lipinski definition) is 6. The van der Waals surface area contributed by atoms with Gasteiger partial charge >= 0.3 is 0 Å². The summed E-state index contributed by atoms with van der Waals surface area (Å²) in [5.74, 6) is 1.66. The average Bonchev–Trinajstić information content (AvgIpc) is 3.43. The van der Waals surface area contributed by atoms with Crippen LogP contribution in [0.1, 0.15) is 41.6 Å². The molecule has 0 spiro atoms. The normalized spacial score (nSPS) is 19.7. The lowest BCUT2D eigenvalue weighted by atomic mass is 9.85. The van der Waals surface area contributed by atoms with E-state index in [1.165, 1.54) is 4.80 Å². The van der Waals surface area contributed by atoms with Gasteiger partial charge in [-0.05, 0) is 72.7 Å². The average molecular weight is 461 g/mol. The van der Waals surface area contributed by atoms with E-state index in [1.807, 2.05) is 41.3 Å². The Labute approximate surface area is 198 Å². The van der Waals surface area contributed by atoms with Gasteiger partial charge in [0.1, 0.15) is 5.75 Å². The second kappa shape index (κ2) is 9.62. The van der Waals surface area contributed by atoms with Crippen LogP contribution in [0.3, 0.4) is 0 Å². The van der Waals surface area contributed by atoms with Gasteiger partial charge in [-0.15, -0.1) is 10.2 Å². The summed E-state index contributed by atoms with van der Waals surface area (Å²) in [6, 6.07) is 15.3. The highest BCUT2D eigenvalue weighted by Crippen LogP contribution is 2.29. The number of rotatable bonds is 7. The van der Waals surface area contributed by atoms with Crippen molar-refractivity contribution in [1.29, 1.82) is 0 Å². The van der Waals surface area contributed by atoms with E-state index < -0.39 is 0 Å². The predicted octanol–water partition coefficient (Wildman–Crippen LogP) is 2.59. The molecule has 5 rings (SSSR count). The van der Waals surface area contributed by atoms with Crippen molar-refractivity contribution in [3.05, 3.63) is 59.7 Å². The van der Waals surface area contributed by atoms with Crippen molar-refractivity contribution in [3.8, 4) is 17.1 Å². The molecule has 0 atom stereocenters. The summed E-state index contributed by atoms with van der Waals surface area (Å²) in [5.41, 5.74) is 2.79. The minimum atomic E-state index is -0.117. The maximum Gasteiger partial charge on any atom is 0.258 e. The Morgan fingerprint density at radius 2 is 1.85 bits per heavy atom. The molecule has 2 heterocycles. The minimum absolute atomic E-state index is 0.0246. The van der Waals surface area contributed by atoms with Crippen LogP contribution < -0.4 is 10.1 Å². The van der Waals surface area contributed by atoms with Crippen LogP contribution in [0.4, 0.5) is 0 Å². The molecule has 1 saturated carbocycles. The Balaban J connectivity index is 1.03. The van der Waals surface area contributed by atoms with Crippen LogP contribution in [-0.4, -0.2) is 56.1 Å². The number of aryl methyl sites for hydroxylation is 1. The Kier molecular flexibility index (Phi) is 6.24. The SMILES string of the molecule is Cn1nnc(-c2ccc(OCC(=O)NC3CCC(CN4Cc5ccccc5C4=O)CC3)cc2)n1. The molecule has 3 aromatic rings. The first-order chi connectivity index (χ1) is 16.5. The number of fused-ring (bicyclic) bond motifs is 1. The highest BCUT2D eigenvalue weighted by Gasteiger charge is 2.30. The molecule has 1 aliphatic heterocycles. The van der Waals surface area contributed by atoms with Crippen molar-refractivity contribution in [2.24, 2.45) is 13.0 Å². The second-order valence-corrected chi connectivity index (χ2v) is 9.04. The largest absolute Gasteiger partial charge is 0.484 e. The maximum atomic E-state index is 12.6. The van der Waals surface area contributed by atoms with Gasteiger partial charge in [-0.3, -0.25) is 9.59 Å². The maximum absolute atomic E-state index is 12.6. The second-order valence-electron chi connectivity index (χ2n) is 9.04. The van der Waals surface area contributed by atoms with E-state index in [-0.39, 0.29) is 24.5 Å². The van der Waals surface area contributed by atoms with Gasteiger partial charge in [0.05, 0.1) is 7.05 Å². The van der Waals surface area contributed by atoms with E-state index in [0.717, 1.165) is 48.9 Å². The summed E-state index contributed by atoms with van der Waals surface area (Å²) in [6.07, 6.45) is 3.85. The van der Waals surface area contributed by atoms with Gasteiger partial charge in [-0.25, -0.2) is 0 Å². The lowest BCUT2D eigenvalue weighted by Gasteiger charge is -2.31. The smallest absolute Gasteiger partial charge is 0.258 e. The third kappa shape index (κ3) is 4.93. The first kappa shape index (κ1) is 22.1. The molecule has 1 fully saturated rings. The van der Waals surface area contributed by atoms with E-state index in [9.17, 15) is 9.59 Å². The van der Waals surface area contributed by atoms with Gasteiger partial charge in [0.25, 0.3) is 11.8 Å². The number of hydrogen-bond donors (Lipinski definition) is 1. The molecule has 0 bridgehead atoms. The highest BCUT2D eigenvalue weighted by molar-refractivity contribution is 5.98. The lowest BCUT2D eigenvalue weighted by Crippen LogP contribution is -2.41. The van der Waals surface area contributed by atoms with Crippen LogP contribution in [-0.2, 0) is 18.4 Å². The Hall–Kier alpha value is -3.75. The van der Waals surface area contributed by atoms with E-state index in [1.54, 1.807) is 19.2 Å². The summed E-state index contributed by atoms with van der Waals surface area (Å²) < 4.78 is 5.64. The third-order valence-electron chi connectivity index (χ3n) is 6.58. The van der Waals surface area contributed by atoms with Crippen molar-refractivity contribution in [1.82, 2.24) is 30.4 Å². The van der Waals surface area contributed by atoms with Crippen LogP contribution in [0.2, 0.25) is 0 Å². The Bertz CT molecular complexity index is 1170. The van der Waals surface area contributed by atoms with Gasteiger partial charge in [-0.1, -0.05) is 18.2 Å². The monoisotopic (exact) mass is 460 g/mol. The molecular weight excluding hydrogens is 432 g/mol. The number of carbonyl (C=O) groups is 2. The summed E-state index contributed by atoms with van der Waals surface area (Å²) in [6.45, 7) is 1.47. The molecule has 9 heteroatoms. The van der Waals surface area contributed by atoms with Gasteiger partial charge in [-0.2, -0.15) is 4.80 Å². The van der Waals surface area contributed by atoms with Crippen molar-refractivity contribution >= 4 is 11.8 Å². The van der Waals surface area contributed by atoms with Gasteiger partial charge in [0.2, 0.25) is 5.82 Å². The topological polar surface area (TPSA) is 102 Å². The van der Waals surface area contributed by atoms with E-state index >= 15 is 0 Å². The number of nitrogens with one attached hydrogen (secondary N) is 1. The highest BCUT2D eigenvalue weighted by atomic mass is 16.5. The molecule has 0 radical (unpaired) electrons.